The van der Waals surface area contributed by atoms with Gasteiger partial charge in [-0.25, -0.2) is 9.10 Å². The lowest BCUT2D eigenvalue weighted by Crippen LogP contribution is -2.39. The highest BCUT2D eigenvalue weighted by molar-refractivity contribution is 8.01. The van der Waals surface area contributed by atoms with Gasteiger partial charge < -0.3 is 4.74 Å². The largest absolute Gasteiger partial charge is 0.497 e. The van der Waals surface area contributed by atoms with Crippen LogP contribution in [0.2, 0.25) is 5.02 Å². The molecule has 0 radical (unpaired) electrons. The van der Waals surface area contributed by atoms with Crippen LogP contribution in [-0.4, -0.2) is 24.0 Å². The number of non-ortho nitro benzene ring substituents is 1. The number of hydrogen-bond acceptors (Lipinski definition) is 6. The van der Waals surface area contributed by atoms with Gasteiger partial charge in [0.05, 0.1) is 28.3 Å². The van der Waals surface area contributed by atoms with E-state index in [1.54, 1.807) is 42.5 Å². The van der Waals surface area contributed by atoms with E-state index in [2.05, 4.69) is 5.32 Å². The fourth-order valence-electron chi connectivity index (χ4n) is 2.52. The van der Waals surface area contributed by atoms with Crippen LogP contribution in [0.25, 0.3) is 0 Å². The number of benzene rings is 3. The van der Waals surface area contributed by atoms with Crippen LogP contribution in [0.1, 0.15) is 10.4 Å². The summed E-state index contributed by atoms with van der Waals surface area (Å²) in [5.74, 6) is -0.0602. The van der Waals surface area contributed by atoms with Gasteiger partial charge in [0, 0.05) is 17.0 Å². The van der Waals surface area contributed by atoms with E-state index in [0.29, 0.717) is 16.3 Å². The van der Waals surface area contributed by atoms with E-state index in [1.165, 1.54) is 41.7 Å². The molecule has 0 bridgehead atoms. The predicted molar refractivity (Wildman–Crippen MR) is 119 cm³/mol. The fraction of sp³-hybridized carbons (Fsp3) is 0.0476. The SMILES string of the molecule is COc1ccc(N(Sc2ccc([N+](=O)[O-])cc2)C(=O)NC(=O)c2ccccc2Cl)cc1. The summed E-state index contributed by atoms with van der Waals surface area (Å²) in [4.78, 5) is 36.4. The van der Waals surface area contributed by atoms with E-state index in [4.69, 9.17) is 16.3 Å². The number of hydrogen-bond donors (Lipinski definition) is 1. The highest BCUT2D eigenvalue weighted by Crippen LogP contribution is 2.31. The van der Waals surface area contributed by atoms with Crippen molar-refractivity contribution in [2.45, 2.75) is 4.90 Å². The molecule has 1 N–H and O–H groups in total. The van der Waals surface area contributed by atoms with Crippen molar-refractivity contribution in [1.29, 1.82) is 0 Å². The lowest BCUT2D eigenvalue weighted by molar-refractivity contribution is -0.384. The Bertz CT molecular complexity index is 1110. The molecule has 0 unspecified atom stereocenters. The highest BCUT2D eigenvalue weighted by atomic mass is 35.5. The van der Waals surface area contributed by atoms with Crippen molar-refractivity contribution in [2.24, 2.45) is 0 Å². The van der Waals surface area contributed by atoms with Gasteiger partial charge in [0.25, 0.3) is 11.6 Å². The summed E-state index contributed by atoms with van der Waals surface area (Å²) in [7, 11) is 1.52. The first-order valence-corrected chi connectivity index (χ1v) is 10.0. The van der Waals surface area contributed by atoms with Gasteiger partial charge in [0.2, 0.25) is 0 Å². The van der Waals surface area contributed by atoms with Gasteiger partial charge in [0.15, 0.2) is 0 Å². The van der Waals surface area contributed by atoms with Gasteiger partial charge in [-0.3, -0.25) is 20.2 Å². The number of methoxy groups -OCH3 is 1. The summed E-state index contributed by atoms with van der Waals surface area (Å²) in [5, 5.41) is 13.4. The number of nitrogens with zero attached hydrogens (tertiary/aromatic N) is 2. The molecule has 0 aromatic heterocycles. The second-order valence-corrected chi connectivity index (χ2v) is 7.50. The van der Waals surface area contributed by atoms with Crippen molar-refractivity contribution in [3.63, 3.8) is 0 Å². The Hall–Kier alpha value is -3.56. The average Bonchev–Trinajstić information content (AvgIpc) is 2.78. The molecule has 0 heterocycles. The van der Waals surface area contributed by atoms with E-state index >= 15 is 0 Å². The molecule has 3 aromatic rings. The summed E-state index contributed by atoms with van der Waals surface area (Å²) in [6, 6.07) is 18.0. The molecule has 0 saturated carbocycles. The van der Waals surface area contributed by atoms with E-state index in [1.807, 2.05) is 0 Å². The van der Waals surface area contributed by atoms with Crippen molar-refractivity contribution in [3.05, 3.63) is 93.5 Å². The van der Waals surface area contributed by atoms with Crippen LogP contribution in [0.5, 0.6) is 5.75 Å². The van der Waals surface area contributed by atoms with E-state index in [0.717, 1.165) is 11.9 Å². The van der Waals surface area contributed by atoms with Gasteiger partial charge in [-0.05, 0) is 60.5 Å². The normalized spacial score (nSPS) is 10.3. The molecule has 0 aliphatic heterocycles. The lowest BCUT2D eigenvalue weighted by Gasteiger charge is -2.21. The standard InChI is InChI=1S/C21H16ClN3O5S/c1-30-16-10-6-14(7-11-16)24(31-17-12-8-15(9-13-17)25(28)29)21(27)23-20(26)18-4-2-3-5-19(18)22/h2-13H,1H3,(H,23,26,27). The van der Waals surface area contributed by atoms with Gasteiger partial charge in [-0.15, -0.1) is 0 Å². The minimum atomic E-state index is -0.710. The van der Waals surface area contributed by atoms with E-state index < -0.39 is 16.9 Å². The number of nitro groups is 1. The highest BCUT2D eigenvalue weighted by Gasteiger charge is 2.22. The topological polar surface area (TPSA) is 102 Å². The molecule has 3 amide bonds. The van der Waals surface area contributed by atoms with E-state index in [-0.39, 0.29) is 16.3 Å². The third kappa shape index (κ3) is 5.53. The molecule has 0 fully saturated rings. The first kappa shape index (κ1) is 22.1. The second kappa shape index (κ2) is 9.96. The molecule has 158 valence electrons. The number of ether oxygens (including phenoxy) is 1. The Labute approximate surface area is 187 Å². The van der Waals surface area contributed by atoms with Crippen LogP contribution in [-0.2, 0) is 0 Å². The summed E-state index contributed by atoms with van der Waals surface area (Å²) in [6.45, 7) is 0. The Kier molecular flexibility index (Phi) is 7.11. The Morgan fingerprint density at radius 1 is 1.03 bits per heavy atom. The average molecular weight is 458 g/mol. The number of nitro benzene ring substituents is 1. The number of amides is 3. The van der Waals surface area contributed by atoms with Gasteiger partial charge >= 0.3 is 6.03 Å². The van der Waals surface area contributed by atoms with Crippen molar-refractivity contribution in [1.82, 2.24) is 5.32 Å². The van der Waals surface area contributed by atoms with Gasteiger partial charge in [-0.2, -0.15) is 0 Å². The zero-order chi connectivity index (χ0) is 22.4. The molecule has 0 atom stereocenters. The number of halogens is 1. The summed E-state index contributed by atoms with van der Waals surface area (Å²) in [6.07, 6.45) is 0. The quantitative estimate of drug-likeness (QED) is 0.305. The van der Waals surface area contributed by atoms with Crippen molar-refractivity contribution in [3.8, 4) is 5.75 Å². The fourth-order valence-corrected chi connectivity index (χ4v) is 3.57. The van der Waals surface area contributed by atoms with Gasteiger partial charge in [0.1, 0.15) is 5.75 Å². The number of rotatable bonds is 6. The van der Waals surface area contributed by atoms with E-state index in [9.17, 15) is 19.7 Å². The van der Waals surface area contributed by atoms with Crippen LogP contribution in [0.3, 0.4) is 0 Å². The minimum absolute atomic E-state index is 0.0707. The lowest BCUT2D eigenvalue weighted by atomic mass is 10.2. The van der Waals surface area contributed by atoms with Crippen molar-refractivity contribution >= 4 is 46.9 Å². The maximum absolute atomic E-state index is 13.0. The smallest absolute Gasteiger partial charge is 0.339 e. The molecule has 8 nitrogen and oxygen atoms in total. The molecule has 3 rings (SSSR count). The number of anilines is 1. The first-order valence-electron chi connectivity index (χ1n) is 8.85. The third-order valence-electron chi connectivity index (χ3n) is 4.07. The minimum Gasteiger partial charge on any atom is -0.497 e. The summed E-state index contributed by atoms with van der Waals surface area (Å²) >= 11 is 7.04. The van der Waals surface area contributed by atoms with Crippen LogP contribution in [0, 0.1) is 10.1 Å². The zero-order valence-electron chi connectivity index (χ0n) is 16.2. The third-order valence-corrected chi connectivity index (χ3v) is 5.45. The molecule has 31 heavy (non-hydrogen) atoms. The van der Waals surface area contributed by atoms with Crippen LogP contribution >= 0.6 is 23.5 Å². The molecule has 0 aliphatic carbocycles. The Morgan fingerprint density at radius 2 is 1.68 bits per heavy atom. The number of carbonyl (C=O) groups excluding carboxylic acids is 2. The maximum atomic E-state index is 13.0. The Morgan fingerprint density at radius 3 is 2.26 bits per heavy atom. The molecular formula is C21H16ClN3O5S. The molecule has 0 spiro atoms. The molecule has 0 aliphatic rings. The number of imide groups is 1. The second-order valence-electron chi connectivity index (χ2n) is 6.07. The molecule has 0 saturated heterocycles. The predicted octanol–water partition coefficient (Wildman–Crippen LogP) is 5.32. The number of carbonyl (C=O) groups is 2. The van der Waals surface area contributed by atoms with Crippen LogP contribution in [0.4, 0.5) is 16.2 Å². The van der Waals surface area contributed by atoms with Crippen molar-refractivity contribution in [2.75, 3.05) is 11.4 Å². The maximum Gasteiger partial charge on any atom is 0.339 e. The summed E-state index contributed by atoms with van der Waals surface area (Å²) in [5.41, 5.74) is 0.555. The van der Waals surface area contributed by atoms with Crippen LogP contribution < -0.4 is 14.4 Å². The monoisotopic (exact) mass is 457 g/mol. The van der Waals surface area contributed by atoms with Crippen LogP contribution in [0.15, 0.2) is 77.7 Å². The van der Waals surface area contributed by atoms with Crippen molar-refractivity contribution < 1.29 is 19.2 Å². The molecule has 10 heteroatoms. The van der Waals surface area contributed by atoms with Gasteiger partial charge in [-0.1, -0.05) is 23.7 Å². The molecular weight excluding hydrogens is 442 g/mol. The zero-order valence-corrected chi connectivity index (χ0v) is 17.7. The molecule has 3 aromatic carbocycles. The Balaban J connectivity index is 1.87. The number of urea groups is 1. The summed E-state index contributed by atoms with van der Waals surface area (Å²) < 4.78 is 6.40. The first-order chi connectivity index (χ1) is 14.9. The number of nitrogens with one attached hydrogen (secondary N) is 1.